The van der Waals surface area contributed by atoms with Gasteiger partial charge in [0.15, 0.2) is 5.60 Å². The van der Waals surface area contributed by atoms with E-state index in [2.05, 4.69) is 91.9 Å². The molecule has 26 heavy (non-hydrogen) atoms. The van der Waals surface area contributed by atoms with E-state index in [-0.39, 0.29) is 0 Å². The SMILES string of the molecule is Cc1ccc(C2(c3ccccc3)C=Cc3c(ccc4ccccc34)O2)s1. The van der Waals surface area contributed by atoms with Crippen molar-refractivity contribution in [3.05, 3.63) is 106 Å². The predicted molar refractivity (Wildman–Crippen MR) is 110 cm³/mol. The molecule has 1 nitrogen and oxygen atoms in total. The van der Waals surface area contributed by atoms with Crippen molar-refractivity contribution in [2.75, 3.05) is 0 Å². The van der Waals surface area contributed by atoms with Gasteiger partial charge in [0, 0.05) is 16.0 Å². The van der Waals surface area contributed by atoms with E-state index >= 15 is 0 Å². The number of fused-ring (bicyclic) bond motifs is 3. The molecular weight excluding hydrogens is 336 g/mol. The van der Waals surface area contributed by atoms with Crippen LogP contribution >= 0.6 is 11.3 Å². The van der Waals surface area contributed by atoms with Crippen LogP contribution in [0.25, 0.3) is 16.8 Å². The molecule has 0 amide bonds. The first kappa shape index (κ1) is 15.4. The van der Waals surface area contributed by atoms with Crippen molar-refractivity contribution in [1.29, 1.82) is 0 Å². The molecule has 0 N–H and O–H groups in total. The fraction of sp³-hybridized carbons (Fsp3) is 0.0833. The Balaban J connectivity index is 1.74. The average Bonchev–Trinajstić information content (AvgIpc) is 3.15. The number of hydrogen-bond donors (Lipinski definition) is 0. The predicted octanol–water partition coefficient (Wildman–Crippen LogP) is 6.56. The van der Waals surface area contributed by atoms with E-state index in [1.165, 1.54) is 20.5 Å². The van der Waals surface area contributed by atoms with Crippen LogP contribution in [0.3, 0.4) is 0 Å². The first-order valence-electron chi connectivity index (χ1n) is 8.79. The Morgan fingerprint density at radius 3 is 2.42 bits per heavy atom. The smallest absolute Gasteiger partial charge is 0.187 e. The average molecular weight is 354 g/mol. The summed E-state index contributed by atoms with van der Waals surface area (Å²) < 4.78 is 6.74. The summed E-state index contributed by atoms with van der Waals surface area (Å²) in [5.74, 6) is 0.932. The Kier molecular flexibility index (Phi) is 3.47. The normalized spacial score (nSPS) is 18.5. The van der Waals surface area contributed by atoms with Gasteiger partial charge in [-0.15, -0.1) is 11.3 Å². The van der Waals surface area contributed by atoms with Crippen molar-refractivity contribution in [2.45, 2.75) is 12.5 Å². The minimum Gasteiger partial charge on any atom is -0.472 e. The summed E-state index contributed by atoms with van der Waals surface area (Å²) in [4.78, 5) is 2.49. The lowest BCUT2D eigenvalue weighted by Gasteiger charge is -2.35. The van der Waals surface area contributed by atoms with Gasteiger partial charge in [0.1, 0.15) is 5.75 Å². The maximum atomic E-state index is 6.74. The second kappa shape index (κ2) is 5.86. The van der Waals surface area contributed by atoms with E-state index in [0.29, 0.717) is 0 Å². The van der Waals surface area contributed by atoms with Crippen LogP contribution in [0.2, 0.25) is 0 Å². The summed E-state index contributed by atoms with van der Waals surface area (Å²) in [6.45, 7) is 2.14. The maximum Gasteiger partial charge on any atom is 0.187 e. The highest BCUT2D eigenvalue weighted by Gasteiger charge is 2.38. The molecule has 0 radical (unpaired) electrons. The molecule has 2 heteroatoms. The zero-order chi connectivity index (χ0) is 17.6. The molecule has 0 aliphatic carbocycles. The van der Waals surface area contributed by atoms with Crippen LogP contribution < -0.4 is 4.74 Å². The number of thiophene rings is 1. The molecule has 0 saturated carbocycles. The minimum atomic E-state index is -0.574. The molecular formula is C24H18OS. The highest BCUT2D eigenvalue weighted by molar-refractivity contribution is 7.12. The largest absolute Gasteiger partial charge is 0.472 e. The Morgan fingerprint density at radius 2 is 1.62 bits per heavy atom. The molecule has 1 atom stereocenters. The van der Waals surface area contributed by atoms with E-state index in [1.54, 1.807) is 11.3 Å². The lowest BCUT2D eigenvalue weighted by molar-refractivity contribution is 0.165. The van der Waals surface area contributed by atoms with E-state index in [0.717, 1.165) is 16.9 Å². The minimum absolute atomic E-state index is 0.574. The van der Waals surface area contributed by atoms with Gasteiger partial charge in [0.05, 0.1) is 4.88 Å². The van der Waals surface area contributed by atoms with Crippen molar-refractivity contribution in [3.63, 3.8) is 0 Å². The van der Waals surface area contributed by atoms with Crippen LogP contribution in [0.4, 0.5) is 0 Å². The quantitative estimate of drug-likeness (QED) is 0.396. The molecule has 1 unspecified atom stereocenters. The van der Waals surface area contributed by atoms with Gasteiger partial charge >= 0.3 is 0 Å². The van der Waals surface area contributed by atoms with Crippen LogP contribution in [0.1, 0.15) is 20.9 Å². The molecule has 0 saturated heterocycles. The standard InChI is InChI=1S/C24H18OS/c1-17-11-14-23(26-17)24(19-8-3-2-4-9-19)16-15-21-20-10-6-5-7-18(20)12-13-22(21)25-24/h2-16H,1H3. The van der Waals surface area contributed by atoms with Gasteiger partial charge in [0.25, 0.3) is 0 Å². The van der Waals surface area contributed by atoms with E-state index < -0.39 is 5.60 Å². The molecule has 126 valence electrons. The molecule has 5 rings (SSSR count). The monoisotopic (exact) mass is 354 g/mol. The molecule has 2 heterocycles. The summed E-state index contributed by atoms with van der Waals surface area (Å²) in [5, 5.41) is 2.46. The molecule has 3 aromatic carbocycles. The summed E-state index contributed by atoms with van der Waals surface area (Å²) in [6, 6.07) is 27.5. The van der Waals surface area contributed by atoms with Crippen molar-refractivity contribution in [3.8, 4) is 5.75 Å². The van der Waals surface area contributed by atoms with Crippen molar-refractivity contribution in [2.24, 2.45) is 0 Å². The fourth-order valence-electron chi connectivity index (χ4n) is 3.69. The number of rotatable bonds is 2. The molecule has 1 aliphatic rings. The zero-order valence-electron chi connectivity index (χ0n) is 14.5. The zero-order valence-corrected chi connectivity index (χ0v) is 15.3. The van der Waals surface area contributed by atoms with Crippen molar-refractivity contribution in [1.82, 2.24) is 0 Å². The van der Waals surface area contributed by atoms with Crippen molar-refractivity contribution < 1.29 is 4.74 Å². The lowest BCUT2D eigenvalue weighted by atomic mass is 9.87. The third kappa shape index (κ3) is 2.30. The van der Waals surface area contributed by atoms with E-state index in [1.807, 2.05) is 6.07 Å². The summed E-state index contributed by atoms with van der Waals surface area (Å²) in [7, 11) is 0. The Bertz CT molecular complexity index is 1120. The number of benzene rings is 3. The fourth-order valence-corrected chi connectivity index (χ4v) is 4.69. The highest BCUT2D eigenvalue weighted by Crippen LogP contribution is 2.45. The van der Waals surface area contributed by atoms with Gasteiger partial charge in [0.2, 0.25) is 0 Å². The van der Waals surface area contributed by atoms with Crippen LogP contribution in [0.5, 0.6) is 5.75 Å². The van der Waals surface area contributed by atoms with E-state index in [9.17, 15) is 0 Å². The van der Waals surface area contributed by atoms with Gasteiger partial charge in [-0.25, -0.2) is 0 Å². The maximum absolute atomic E-state index is 6.74. The van der Waals surface area contributed by atoms with Crippen LogP contribution in [-0.4, -0.2) is 0 Å². The topological polar surface area (TPSA) is 9.23 Å². The third-order valence-corrected chi connectivity index (χ3v) is 6.11. The first-order chi connectivity index (χ1) is 12.8. The van der Waals surface area contributed by atoms with E-state index in [4.69, 9.17) is 4.74 Å². The molecule has 4 aromatic rings. The molecule has 0 spiro atoms. The number of ether oxygens (including phenoxy) is 1. The lowest BCUT2D eigenvalue weighted by Crippen LogP contribution is -2.33. The van der Waals surface area contributed by atoms with Crippen LogP contribution in [-0.2, 0) is 5.60 Å². The second-order valence-electron chi connectivity index (χ2n) is 6.65. The Hall–Kier alpha value is -2.84. The van der Waals surface area contributed by atoms with Gasteiger partial charge in [-0.3, -0.25) is 0 Å². The molecule has 0 bridgehead atoms. The summed E-state index contributed by atoms with van der Waals surface area (Å²) in [6.07, 6.45) is 4.44. The highest BCUT2D eigenvalue weighted by atomic mass is 32.1. The molecule has 1 aromatic heterocycles. The molecule has 1 aliphatic heterocycles. The summed E-state index contributed by atoms with van der Waals surface area (Å²) >= 11 is 1.79. The second-order valence-corrected chi connectivity index (χ2v) is 7.93. The van der Waals surface area contributed by atoms with Crippen molar-refractivity contribution >= 4 is 28.2 Å². The van der Waals surface area contributed by atoms with Crippen LogP contribution in [0, 0.1) is 6.92 Å². The first-order valence-corrected chi connectivity index (χ1v) is 9.60. The van der Waals surface area contributed by atoms with Gasteiger partial charge in [-0.05, 0) is 48.0 Å². The van der Waals surface area contributed by atoms with Gasteiger partial charge in [-0.1, -0.05) is 60.7 Å². The molecule has 0 fully saturated rings. The number of aryl methyl sites for hydroxylation is 1. The third-order valence-electron chi connectivity index (χ3n) is 5.00. The Morgan fingerprint density at radius 1 is 0.808 bits per heavy atom. The number of hydrogen-bond acceptors (Lipinski definition) is 2. The Labute approximate surface area is 157 Å². The summed E-state index contributed by atoms with van der Waals surface area (Å²) in [5.41, 5.74) is 1.73. The van der Waals surface area contributed by atoms with Gasteiger partial charge in [-0.2, -0.15) is 0 Å². The van der Waals surface area contributed by atoms with Gasteiger partial charge < -0.3 is 4.74 Å². The van der Waals surface area contributed by atoms with Crippen LogP contribution in [0.15, 0.2) is 84.9 Å².